The van der Waals surface area contributed by atoms with Crippen molar-refractivity contribution in [3.05, 3.63) is 11.6 Å². The molecule has 0 aromatic heterocycles. The lowest BCUT2D eigenvalue weighted by Crippen LogP contribution is -2.21. The van der Waals surface area contributed by atoms with E-state index in [-0.39, 0.29) is 24.2 Å². The molecule has 0 fully saturated rings. The van der Waals surface area contributed by atoms with Gasteiger partial charge >= 0.3 is 17.9 Å². The molecule has 0 bridgehead atoms. The topological polar surface area (TPSA) is 101 Å². The Hall–Kier alpha value is -1.85. The number of ether oxygens (including phenoxy) is 1. The summed E-state index contributed by atoms with van der Waals surface area (Å²) in [6.45, 7) is 14.1. The molecule has 2 N–H and O–H groups in total. The minimum atomic E-state index is -0.971. The van der Waals surface area contributed by atoms with Gasteiger partial charge < -0.3 is 14.9 Å². The summed E-state index contributed by atoms with van der Waals surface area (Å²) in [5.74, 6) is -1.91. The second kappa shape index (κ2) is 15.0. The molecule has 0 radical (unpaired) electrons. The number of carboxylic acid groups (broad SMARTS) is 2. The van der Waals surface area contributed by atoms with Crippen molar-refractivity contribution in [1.29, 1.82) is 0 Å². The van der Waals surface area contributed by atoms with Gasteiger partial charge in [0.15, 0.2) is 0 Å². The average molecular weight is 441 g/mol. The van der Waals surface area contributed by atoms with Crippen LogP contribution in [0.2, 0.25) is 0 Å². The zero-order valence-electron chi connectivity index (χ0n) is 20.5. The van der Waals surface area contributed by atoms with Crippen molar-refractivity contribution in [3.8, 4) is 0 Å². The maximum absolute atomic E-state index is 11.6. The molecule has 0 aliphatic heterocycles. The van der Waals surface area contributed by atoms with E-state index in [9.17, 15) is 19.5 Å². The Kier molecular flexibility index (Phi) is 14.1. The molecule has 6 atom stereocenters. The molecule has 0 spiro atoms. The Morgan fingerprint density at radius 2 is 1.48 bits per heavy atom. The van der Waals surface area contributed by atoms with Gasteiger partial charge in [0.1, 0.15) is 0 Å². The third kappa shape index (κ3) is 13.9. The lowest BCUT2D eigenvalue weighted by molar-refractivity contribution is -0.145. The van der Waals surface area contributed by atoms with Gasteiger partial charge in [-0.25, -0.2) is 0 Å². The molecule has 0 aliphatic carbocycles. The van der Waals surface area contributed by atoms with Crippen LogP contribution in [0.25, 0.3) is 0 Å². The fourth-order valence-electron chi connectivity index (χ4n) is 4.32. The summed E-state index contributed by atoms with van der Waals surface area (Å²) in [7, 11) is 0. The molecule has 0 aromatic carbocycles. The van der Waals surface area contributed by atoms with E-state index in [1.165, 1.54) is 6.92 Å². The first-order valence-electron chi connectivity index (χ1n) is 11.6. The quantitative estimate of drug-likeness (QED) is 0.232. The maximum atomic E-state index is 11.6. The highest BCUT2D eigenvalue weighted by Gasteiger charge is 2.25. The lowest BCUT2D eigenvalue weighted by atomic mass is 9.83. The molecule has 6 heteroatoms. The van der Waals surface area contributed by atoms with Gasteiger partial charge in [0.05, 0.1) is 18.4 Å². The highest BCUT2D eigenvalue weighted by molar-refractivity contribution is 5.73. The zero-order valence-corrected chi connectivity index (χ0v) is 20.5. The van der Waals surface area contributed by atoms with Gasteiger partial charge in [0.2, 0.25) is 0 Å². The van der Waals surface area contributed by atoms with Crippen molar-refractivity contribution in [2.24, 2.45) is 35.5 Å². The summed E-state index contributed by atoms with van der Waals surface area (Å²) in [5.41, 5.74) is 0.955. The third-order valence-electron chi connectivity index (χ3n) is 6.01. The van der Waals surface area contributed by atoms with Crippen LogP contribution in [0, 0.1) is 35.5 Å². The van der Waals surface area contributed by atoms with Gasteiger partial charge in [-0.2, -0.15) is 0 Å². The fourth-order valence-corrected chi connectivity index (χ4v) is 4.32. The Labute approximate surface area is 188 Å². The van der Waals surface area contributed by atoms with Gasteiger partial charge in [-0.05, 0) is 62.7 Å². The Morgan fingerprint density at radius 3 is 1.97 bits per heavy atom. The van der Waals surface area contributed by atoms with Crippen molar-refractivity contribution in [1.82, 2.24) is 0 Å². The van der Waals surface area contributed by atoms with Crippen molar-refractivity contribution in [3.63, 3.8) is 0 Å². The van der Waals surface area contributed by atoms with E-state index < -0.39 is 23.8 Å². The minimum Gasteiger partial charge on any atom is -0.481 e. The fraction of sp³-hybridized carbons (Fsp3) is 0.800. The highest BCUT2D eigenvalue weighted by atomic mass is 16.5. The summed E-state index contributed by atoms with van der Waals surface area (Å²) >= 11 is 0. The Balaban J connectivity index is 5.04. The zero-order chi connectivity index (χ0) is 24.1. The molecule has 0 rings (SSSR count). The van der Waals surface area contributed by atoms with E-state index in [0.717, 1.165) is 31.3 Å². The van der Waals surface area contributed by atoms with Crippen LogP contribution < -0.4 is 0 Å². The van der Waals surface area contributed by atoms with Crippen LogP contribution in [0.1, 0.15) is 87.0 Å². The van der Waals surface area contributed by atoms with Crippen molar-refractivity contribution >= 4 is 17.9 Å². The minimum absolute atomic E-state index is 0.117. The van der Waals surface area contributed by atoms with Crippen LogP contribution >= 0.6 is 0 Å². The van der Waals surface area contributed by atoms with Gasteiger partial charge in [-0.15, -0.1) is 0 Å². The summed E-state index contributed by atoms with van der Waals surface area (Å²) in [6.07, 6.45) is 6.70. The standard InChI is InChI=1S/C25H44O6/c1-8-16(2)9-17(3)11-22(15-31-21(7)26)12-18(4)10-19(5)13-23(25(29)30)14-20(6)24(27)28/h10,16-18,20,22-23H,8-9,11-15H2,1-7H3,(H,27,28)(H,29,30). The van der Waals surface area contributed by atoms with Crippen LogP contribution in [0.15, 0.2) is 11.6 Å². The van der Waals surface area contributed by atoms with Crippen molar-refractivity contribution in [2.75, 3.05) is 6.61 Å². The number of hydrogen-bond donors (Lipinski definition) is 2. The van der Waals surface area contributed by atoms with Crippen LogP contribution in [-0.4, -0.2) is 34.7 Å². The van der Waals surface area contributed by atoms with E-state index in [2.05, 4.69) is 33.8 Å². The molecule has 0 saturated heterocycles. The van der Waals surface area contributed by atoms with Crippen LogP contribution in [-0.2, 0) is 19.1 Å². The van der Waals surface area contributed by atoms with Crippen molar-refractivity contribution < 1.29 is 29.3 Å². The van der Waals surface area contributed by atoms with E-state index in [4.69, 9.17) is 9.84 Å². The second-order valence-corrected chi connectivity index (χ2v) is 9.70. The van der Waals surface area contributed by atoms with Gasteiger partial charge in [0, 0.05) is 6.92 Å². The predicted molar refractivity (Wildman–Crippen MR) is 123 cm³/mol. The number of rotatable bonds is 16. The lowest BCUT2D eigenvalue weighted by Gasteiger charge is -2.24. The number of esters is 1. The molecule has 6 unspecified atom stereocenters. The number of carbonyl (C=O) groups excluding carboxylic acids is 1. The monoisotopic (exact) mass is 440 g/mol. The largest absolute Gasteiger partial charge is 0.481 e. The van der Waals surface area contributed by atoms with Gasteiger partial charge in [-0.3, -0.25) is 14.4 Å². The predicted octanol–water partition coefficient (Wildman–Crippen LogP) is 5.80. The van der Waals surface area contributed by atoms with Crippen LogP contribution in [0.4, 0.5) is 0 Å². The number of hydrogen-bond acceptors (Lipinski definition) is 4. The molecule has 0 saturated carbocycles. The van der Waals surface area contributed by atoms with Gasteiger partial charge in [-0.1, -0.05) is 52.7 Å². The number of allylic oxidation sites excluding steroid dienone is 2. The number of aliphatic carboxylic acids is 2. The molecular formula is C25H44O6. The Morgan fingerprint density at radius 1 is 0.871 bits per heavy atom. The second-order valence-electron chi connectivity index (χ2n) is 9.70. The molecule has 180 valence electrons. The first-order valence-corrected chi connectivity index (χ1v) is 11.6. The third-order valence-corrected chi connectivity index (χ3v) is 6.01. The van der Waals surface area contributed by atoms with Gasteiger partial charge in [0.25, 0.3) is 0 Å². The summed E-state index contributed by atoms with van der Waals surface area (Å²) in [4.78, 5) is 34.0. The van der Waals surface area contributed by atoms with Crippen molar-refractivity contribution in [2.45, 2.75) is 87.0 Å². The first-order chi connectivity index (χ1) is 14.3. The molecule has 0 aromatic rings. The van der Waals surface area contributed by atoms with Crippen LogP contribution in [0.3, 0.4) is 0 Å². The normalized spacial score (nSPS) is 17.8. The number of carboxylic acids is 2. The van der Waals surface area contributed by atoms with E-state index in [1.54, 1.807) is 6.92 Å². The smallest absolute Gasteiger partial charge is 0.306 e. The maximum Gasteiger partial charge on any atom is 0.306 e. The molecule has 31 heavy (non-hydrogen) atoms. The molecule has 6 nitrogen and oxygen atoms in total. The molecule has 0 aliphatic rings. The number of carbonyl (C=O) groups is 3. The first kappa shape index (κ1) is 29.1. The molecular weight excluding hydrogens is 396 g/mol. The Bertz CT molecular complexity index is 597. The SMILES string of the molecule is CCC(C)CC(C)CC(COC(C)=O)CC(C)C=C(C)CC(CC(C)C(=O)O)C(=O)O. The molecule has 0 amide bonds. The highest BCUT2D eigenvalue weighted by Crippen LogP contribution is 2.28. The van der Waals surface area contributed by atoms with E-state index >= 15 is 0 Å². The van der Waals surface area contributed by atoms with E-state index in [0.29, 0.717) is 24.9 Å². The molecule has 0 heterocycles. The summed E-state index contributed by atoms with van der Waals surface area (Å²) < 4.78 is 5.31. The van der Waals surface area contributed by atoms with E-state index in [1.807, 2.05) is 6.92 Å². The van der Waals surface area contributed by atoms with Crippen LogP contribution in [0.5, 0.6) is 0 Å². The summed E-state index contributed by atoms with van der Waals surface area (Å²) in [6, 6.07) is 0. The average Bonchev–Trinajstić information content (AvgIpc) is 2.64. The summed E-state index contributed by atoms with van der Waals surface area (Å²) in [5, 5.41) is 18.6.